The van der Waals surface area contributed by atoms with E-state index in [4.69, 9.17) is 4.74 Å². The molecule has 1 N–H and O–H groups in total. The molecule has 1 aromatic carbocycles. The van der Waals surface area contributed by atoms with E-state index in [-0.39, 0.29) is 11.8 Å². The standard InChI is InChI=1S/C18H23NO4/c1-12-7-15(18(21)22)11-19(10-12)17(20)9-13-4-5-16-14(8-13)3-2-6-23-16/h4-5,8,12,15H,2-3,6-7,9-11H2,1H3,(H,21,22). The van der Waals surface area contributed by atoms with E-state index in [1.165, 1.54) is 0 Å². The van der Waals surface area contributed by atoms with E-state index in [0.717, 1.165) is 36.3 Å². The van der Waals surface area contributed by atoms with Crippen molar-refractivity contribution in [2.75, 3.05) is 19.7 Å². The fourth-order valence-corrected chi connectivity index (χ4v) is 3.54. The molecule has 5 heteroatoms. The van der Waals surface area contributed by atoms with Crippen LogP contribution in [0.5, 0.6) is 5.75 Å². The summed E-state index contributed by atoms with van der Waals surface area (Å²) in [6, 6.07) is 5.93. The van der Waals surface area contributed by atoms with Gasteiger partial charge in [-0.15, -0.1) is 0 Å². The summed E-state index contributed by atoms with van der Waals surface area (Å²) in [5.41, 5.74) is 2.14. The molecule has 1 fully saturated rings. The first kappa shape index (κ1) is 15.8. The molecule has 3 rings (SSSR count). The average molecular weight is 317 g/mol. The quantitative estimate of drug-likeness (QED) is 0.927. The number of benzene rings is 1. The maximum atomic E-state index is 12.6. The van der Waals surface area contributed by atoms with Crippen molar-refractivity contribution in [1.82, 2.24) is 4.90 Å². The summed E-state index contributed by atoms with van der Waals surface area (Å²) < 4.78 is 5.59. The van der Waals surface area contributed by atoms with Crippen LogP contribution in [0.25, 0.3) is 0 Å². The van der Waals surface area contributed by atoms with Gasteiger partial charge in [-0.1, -0.05) is 19.1 Å². The summed E-state index contributed by atoms with van der Waals surface area (Å²) in [6.45, 7) is 3.74. The van der Waals surface area contributed by atoms with Crippen LogP contribution in [-0.2, 0) is 22.4 Å². The van der Waals surface area contributed by atoms with Gasteiger partial charge in [-0.3, -0.25) is 9.59 Å². The van der Waals surface area contributed by atoms with E-state index in [9.17, 15) is 14.7 Å². The maximum absolute atomic E-state index is 12.6. The number of hydrogen-bond donors (Lipinski definition) is 1. The van der Waals surface area contributed by atoms with Gasteiger partial charge in [0.05, 0.1) is 18.9 Å². The summed E-state index contributed by atoms with van der Waals surface area (Å²) in [5.74, 6) is -0.0879. The minimum atomic E-state index is -0.805. The number of fused-ring (bicyclic) bond motifs is 1. The van der Waals surface area contributed by atoms with Crippen LogP contribution in [0.4, 0.5) is 0 Å². The third kappa shape index (κ3) is 3.66. The number of rotatable bonds is 3. The van der Waals surface area contributed by atoms with Crippen molar-refractivity contribution < 1.29 is 19.4 Å². The lowest BCUT2D eigenvalue weighted by atomic mass is 9.90. The number of aliphatic carboxylic acids is 1. The highest BCUT2D eigenvalue weighted by Crippen LogP contribution is 2.27. The Kier molecular flexibility index (Phi) is 4.55. The summed E-state index contributed by atoms with van der Waals surface area (Å²) in [6.07, 6.45) is 2.97. The maximum Gasteiger partial charge on any atom is 0.308 e. The van der Waals surface area contributed by atoms with Crippen LogP contribution in [0.2, 0.25) is 0 Å². The number of carbonyl (C=O) groups excluding carboxylic acids is 1. The number of hydrogen-bond acceptors (Lipinski definition) is 3. The summed E-state index contributed by atoms with van der Waals surface area (Å²) >= 11 is 0. The second-order valence-electron chi connectivity index (χ2n) is 6.75. The Labute approximate surface area is 136 Å². The van der Waals surface area contributed by atoms with E-state index in [2.05, 4.69) is 6.07 Å². The molecule has 0 spiro atoms. The molecule has 0 aliphatic carbocycles. The molecule has 0 bridgehead atoms. The predicted octanol–water partition coefficient (Wildman–Crippen LogP) is 2.12. The van der Waals surface area contributed by atoms with E-state index >= 15 is 0 Å². The van der Waals surface area contributed by atoms with Gasteiger partial charge in [0.1, 0.15) is 5.75 Å². The molecular formula is C18H23NO4. The SMILES string of the molecule is CC1CC(C(=O)O)CN(C(=O)Cc2ccc3c(c2)CCCO3)C1. The Balaban J connectivity index is 1.67. The van der Waals surface area contributed by atoms with Gasteiger partial charge in [0.25, 0.3) is 0 Å². The van der Waals surface area contributed by atoms with Gasteiger partial charge in [-0.05, 0) is 42.4 Å². The van der Waals surface area contributed by atoms with Gasteiger partial charge in [0.15, 0.2) is 0 Å². The molecule has 124 valence electrons. The zero-order valence-electron chi connectivity index (χ0n) is 13.5. The van der Waals surface area contributed by atoms with Crippen LogP contribution >= 0.6 is 0 Å². The van der Waals surface area contributed by atoms with E-state index < -0.39 is 11.9 Å². The normalized spacial score (nSPS) is 23.8. The molecular weight excluding hydrogens is 294 g/mol. The number of carboxylic acid groups (broad SMARTS) is 1. The third-order valence-corrected chi connectivity index (χ3v) is 4.69. The molecule has 1 aromatic rings. The van der Waals surface area contributed by atoms with Gasteiger partial charge in [-0.2, -0.15) is 0 Å². The molecule has 0 saturated carbocycles. The van der Waals surface area contributed by atoms with Crippen LogP contribution in [0, 0.1) is 11.8 Å². The fraction of sp³-hybridized carbons (Fsp3) is 0.556. The zero-order chi connectivity index (χ0) is 16.4. The number of nitrogens with zero attached hydrogens (tertiary/aromatic N) is 1. The van der Waals surface area contributed by atoms with Crippen LogP contribution in [-0.4, -0.2) is 41.6 Å². The highest BCUT2D eigenvalue weighted by atomic mass is 16.5. The van der Waals surface area contributed by atoms with Crippen LogP contribution in [0.15, 0.2) is 18.2 Å². The van der Waals surface area contributed by atoms with Gasteiger partial charge in [-0.25, -0.2) is 0 Å². The average Bonchev–Trinajstić information content (AvgIpc) is 2.54. The predicted molar refractivity (Wildman–Crippen MR) is 85.4 cm³/mol. The van der Waals surface area contributed by atoms with Crippen molar-refractivity contribution in [2.45, 2.75) is 32.6 Å². The van der Waals surface area contributed by atoms with Crippen molar-refractivity contribution in [2.24, 2.45) is 11.8 Å². The minimum absolute atomic E-state index is 0.0134. The molecule has 2 aliphatic rings. The summed E-state index contributed by atoms with van der Waals surface area (Å²) in [4.78, 5) is 25.5. The van der Waals surface area contributed by atoms with Gasteiger partial charge >= 0.3 is 5.97 Å². The smallest absolute Gasteiger partial charge is 0.308 e. The number of carboxylic acids is 1. The number of amides is 1. The monoisotopic (exact) mass is 317 g/mol. The Morgan fingerprint density at radius 3 is 2.96 bits per heavy atom. The van der Waals surface area contributed by atoms with E-state index in [1.807, 2.05) is 19.1 Å². The van der Waals surface area contributed by atoms with Crippen molar-refractivity contribution in [3.05, 3.63) is 29.3 Å². The Bertz CT molecular complexity index is 613. The number of carbonyl (C=O) groups is 2. The van der Waals surface area contributed by atoms with Crippen molar-refractivity contribution >= 4 is 11.9 Å². The molecule has 2 atom stereocenters. The third-order valence-electron chi connectivity index (χ3n) is 4.69. The lowest BCUT2D eigenvalue weighted by Gasteiger charge is -2.34. The fourth-order valence-electron chi connectivity index (χ4n) is 3.54. The summed E-state index contributed by atoms with van der Waals surface area (Å²) in [5, 5.41) is 9.23. The Hall–Kier alpha value is -2.04. The molecule has 1 saturated heterocycles. The molecule has 2 heterocycles. The second kappa shape index (κ2) is 6.60. The number of likely N-dealkylation sites (tertiary alicyclic amines) is 1. The number of aryl methyl sites for hydroxylation is 1. The van der Waals surface area contributed by atoms with Gasteiger partial charge in [0.2, 0.25) is 5.91 Å². The molecule has 23 heavy (non-hydrogen) atoms. The Morgan fingerprint density at radius 1 is 1.35 bits per heavy atom. The molecule has 2 aliphatic heterocycles. The van der Waals surface area contributed by atoms with Gasteiger partial charge < -0.3 is 14.7 Å². The number of piperidine rings is 1. The second-order valence-corrected chi connectivity index (χ2v) is 6.75. The number of ether oxygens (including phenoxy) is 1. The first-order valence-corrected chi connectivity index (χ1v) is 8.28. The molecule has 2 unspecified atom stereocenters. The molecule has 1 amide bonds. The minimum Gasteiger partial charge on any atom is -0.493 e. The van der Waals surface area contributed by atoms with Crippen molar-refractivity contribution in [1.29, 1.82) is 0 Å². The molecule has 0 radical (unpaired) electrons. The highest BCUT2D eigenvalue weighted by molar-refractivity contribution is 5.80. The van der Waals surface area contributed by atoms with E-state index in [1.54, 1.807) is 4.90 Å². The zero-order valence-corrected chi connectivity index (χ0v) is 13.5. The first-order chi connectivity index (χ1) is 11.0. The lowest BCUT2D eigenvalue weighted by molar-refractivity contribution is -0.146. The van der Waals surface area contributed by atoms with Crippen LogP contribution < -0.4 is 4.74 Å². The Morgan fingerprint density at radius 2 is 2.17 bits per heavy atom. The molecule has 5 nitrogen and oxygen atoms in total. The van der Waals surface area contributed by atoms with Gasteiger partial charge in [0, 0.05) is 13.1 Å². The largest absolute Gasteiger partial charge is 0.493 e. The van der Waals surface area contributed by atoms with E-state index in [0.29, 0.717) is 25.9 Å². The van der Waals surface area contributed by atoms with Crippen LogP contribution in [0.3, 0.4) is 0 Å². The molecule has 0 aromatic heterocycles. The lowest BCUT2D eigenvalue weighted by Crippen LogP contribution is -2.46. The van der Waals surface area contributed by atoms with Crippen LogP contribution in [0.1, 0.15) is 30.9 Å². The first-order valence-electron chi connectivity index (χ1n) is 8.28. The van der Waals surface area contributed by atoms with Crippen molar-refractivity contribution in [3.8, 4) is 5.75 Å². The van der Waals surface area contributed by atoms with Crippen molar-refractivity contribution in [3.63, 3.8) is 0 Å². The topological polar surface area (TPSA) is 66.8 Å². The summed E-state index contributed by atoms with van der Waals surface area (Å²) in [7, 11) is 0. The highest BCUT2D eigenvalue weighted by Gasteiger charge is 2.31.